The smallest absolute Gasteiger partial charge is 0.241 e. The van der Waals surface area contributed by atoms with Gasteiger partial charge >= 0.3 is 0 Å². The van der Waals surface area contributed by atoms with E-state index in [4.69, 9.17) is 4.74 Å². The van der Waals surface area contributed by atoms with Gasteiger partial charge < -0.3 is 10.1 Å². The summed E-state index contributed by atoms with van der Waals surface area (Å²) in [5, 5.41) is 2.43. The molecule has 1 saturated heterocycles. The van der Waals surface area contributed by atoms with Crippen LogP contribution in [0.2, 0.25) is 0 Å². The highest BCUT2D eigenvalue weighted by atomic mass is 19.1. The minimum atomic E-state index is -0.651. The van der Waals surface area contributed by atoms with Crippen molar-refractivity contribution in [2.24, 2.45) is 0 Å². The Hall–Kier alpha value is -1.53. The minimum Gasteiger partial charge on any atom is -0.376 e. The fourth-order valence-electron chi connectivity index (χ4n) is 2.19. The number of nitrogens with zero attached hydrogens (tertiary/aromatic N) is 1. The predicted molar refractivity (Wildman–Crippen MR) is 71.4 cm³/mol. The average Bonchev–Trinajstić information content (AvgIpc) is 2.42. The molecular weight excluding hydrogens is 266 g/mol. The Morgan fingerprint density at radius 2 is 2.25 bits per heavy atom. The lowest BCUT2D eigenvalue weighted by molar-refractivity contribution is -0.123. The van der Waals surface area contributed by atoms with E-state index in [1.165, 1.54) is 0 Å². The number of benzene rings is 1. The molecule has 0 aliphatic carbocycles. The van der Waals surface area contributed by atoms with Gasteiger partial charge in [0.1, 0.15) is 11.6 Å². The van der Waals surface area contributed by atoms with Crippen LogP contribution in [0, 0.1) is 11.6 Å². The SMILES string of the molecule is CC1CN(C(C)C(=O)Nc2cc(F)ccc2F)CCO1. The molecule has 0 spiro atoms. The third-order valence-corrected chi connectivity index (χ3v) is 3.39. The fourth-order valence-corrected chi connectivity index (χ4v) is 2.19. The first-order valence-electron chi connectivity index (χ1n) is 6.59. The first-order valence-corrected chi connectivity index (χ1v) is 6.59. The largest absolute Gasteiger partial charge is 0.376 e. The molecule has 2 atom stereocenters. The molecule has 0 radical (unpaired) electrons. The van der Waals surface area contributed by atoms with Crippen LogP contribution in [0.15, 0.2) is 18.2 Å². The summed E-state index contributed by atoms with van der Waals surface area (Å²) in [6.45, 7) is 5.52. The van der Waals surface area contributed by atoms with E-state index in [1.807, 2.05) is 11.8 Å². The van der Waals surface area contributed by atoms with E-state index in [-0.39, 0.29) is 17.7 Å². The number of halogens is 2. The minimum absolute atomic E-state index is 0.0601. The fraction of sp³-hybridized carbons (Fsp3) is 0.500. The van der Waals surface area contributed by atoms with E-state index >= 15 is 0 Å². The normalized spacial score (nSPS) is 21.5. The first kappa shape index (κ1) is 14.9. The van der Waals surface area contributed by atoms with Crippen molar-refractivity contribution in [3.8, 4) is 0 Å². The van der Waals surface area contributed by atoms with Gasteiger partial charge in [0.05, 0.1) is 24.4 Å². The third-order valence-electron chi connectivity index (χ3n) is 3.39. The highest BCUT2D eigenvalue weighted by Gasteiger charge is 2.26. The lowest BCUT2D eigenvalue weighted by Crippen LogP contribution is -2.50. The monoisotopic (exact) mass is 284 g/mol. The van der Waals surface area contributed by atoms with Gasteiger partial charge in [-0.2, -0.15) is 0 Å². The lowest BCUT2D eigenvalue weighted by atomic mass is 10.2. The molecule has 1 aromatic carbocycles. The van der Waals surface area contributed by atoms with Gasteiger partial charge in [0.2, 0.25) is 5.91 Å². The van der Waals surface area contributed by atoms with Crippen LogP contribution in [0.1, 0.15) is 13.8 Å². The van der Waals surface area contributed by atoms with E-state index in [0.717, 1.165) is 18.2 Å². The third kappa shape index (κ3) is 3.52. The molecule has 20 heavy (non-hydrogen) atoms. The van der Waals surface area contributed by atoms with Crippen molar-refractivity contribution < 1.29 is 18.3 Å². The topological polar surface area (TPSA) is 41.6 Å². The molecule has 2 unspecified atom stereocenters. The zero-order valence-electron chi connectivity index (χ0n) is 11.5. The van der Waals surface area contributed by atoms with E-state index < -0.39 is 17.7 Å². The van der Waals surface area contributed by atoms with Crippen molar-refractivity contribution in [1.29, 1.82) is 0 Å². The maximum absolute atomic E-state index is 13.5. The summed E-state index contributed by atoms with van der Waals surface area (Å²) < 4.78 is 32.0. The molecule has 0 bridgehead atoms. The number of anilines is 1. The van der Waals surface area contributed by atoms with Gasteiger partial charge in [-0.15, -0.1) is 0 Å². The lowest BCUT2D eigenvalue weighted by Gasteiger charge is -2.34. The Balaban J connectivity index is 2.02. The Labute approximate surface area is 116 Å². The predicted octanol–water partition coefficient (Wildman–Crippen LogP) is 2.01. The van der Waals surface area contributed by atoms with Crippen LogP contribution in [0.4, 0.5) is 14.5 Å². The van der Waals surface area contributed by atoms with E-state index in [2.05, 4.69) is 5.32 Å². The summed E-state index contributed by atoms with van der Waals surface area (Å²) in [5.74, 6) is -1.60. The number of nitrogens with one attached hydrogen (secondary N) is 1. The van der Waals surface area contributed by atoms with Crippen LogP contribution in [0.25, 0.3) is 0 Å². The van der Waals surface area contributed by atoms with Crippen molar-refractivity contribution in [3.05, 3.63) is 29.8 Å². The average molecular weight is 284 g/mol. The van der Waals surface area contributed by atoms with Crippen molar-refractivity contribution in [3.63, 3.8) is 0 Å². The zero-order valence-corrected chi connectivity index (χ0v) is 11.5. The van der Waals surface area contributed by atoms with E-state index in [1.54, 1.807) is 6.92 Å². The first-order chi connectivity index (χ1) is 9.47. The summed E-state index contributed by atoms with van der Waals surface area (Å²) in [6.07, 6.45) is 0.0601. The van der Waals surface area contributed by atoms with E-state index in [0.29, 0.717) is 19.7 Å². The van der Waals surface area contributed by atoms with Crippen LogP contribution in [0.3, 0.4) is 0 Å². The van der Waals surface area contributed by atoms with Crippen molar-refractivity contribution in [2.75, 3.05) is 25.0 Å². The molecule has 1 aliphatic heterocycles. The van der Waals surface area contributed by atoms with E-state index in [9.17, 15) is 13.6 Å². The quantitative estimate of drug-likeness (QED) is 0.923. The number of ether oxygens (including phenoxy) is 1. The van der Waals surface area contributed by atoms with Crippen LogP contribution in [0.5, 0.6) is 0 Å². The number of hydrogen-bond donors (Lipinski definition) is 1. The molecular formula is C14H18F2N2O2. The highest BCUT2D eigenvalue weighted by Crippen LogP contribution is 2.17. The van der Waals surface area contributed by atoms with Gasteiger partial charge in [0.15, 0.2) is 0 Å². The number of amides is 1. The van der Waals surface area contributed by atoms with Gasteiger partial charge in [0, 0.05) is 19.2 Å². The Kier molecular flexibility index (Phi) is 4.67. The number of morpholine rings is 1. The molecule has 6 heteroatoms. The molecule has 2 rings (SSSR count). The second kappa shape index (κ2) is 6.28. The number of hydrogen-bond acceptors (Lipinski definition) is 3. The molecule has 1 aliphatic rings. The van der Waals surface area contributed by atoms with Crippen LogP contribution >= 0.6 is 0 Å². The zero-order chi connectivity index (χ0) is 14.7. The molecule has 4 nitrogen and oxygen atoms in total. The van der Waals surface area contributed by atoms with Gasteiger partial charge in [0.25, 0.3) is 0 Å². The number of carbonyl (C=O) groups is 1. The number of rotatable bonds is 3. The van der Waals surface area contributed by atoms with Gasteiger partial charge in [-0.05, 0) is 26.0 Å². The van der Waals surface area contributed by atoms with Crippen LogP contribution < -0.4 is 5.32 Å². The Bertz CT molecular complexity index is 496. The van der Waals surface area contributed by atoms with Crippen LogP contribution in [-0.2, 0) is 9.53 Å². The molecule has 110 valence electrons. The standard InChI is InChI=1S/C14H18F2N2O2/c1-9-8-18(5-6-20-9)10(2)14(19)17-13-7-11(15)3-4-12(13)16/h3-4,7,9-10H,5-6,8H2,1-2H3,(H,17,19). The maximum atomic E-state index is 13.5. The molecule has 0 aromatic heterocycles. The summed E-state index contributed by atoms with van der Waals surface area (Å²) >= 11 is 0. The summed E-state index contributed by atoms with van der Waals surface area (Å²) in [6, 6.07) is 2.55. The molecule has 1 amide bonds. The summed E-state index contributed by atoms with van der Waals surface area (Å²) in [4.78, 5) is 14.1. The van der Waals surface area contributed by atoms with Gasteiger partial charge in [-0.25, -0.2) is 8.78 Å². The summed E-state index contributed by atoms with van der Waals surface area (Å²) in [7, 11) is 0. The van der Waals surface area contributed by atoms with Crippen molar-refractivity contribution in [2.45, 2.75) is 26.0 Å². The number of carbonyl (C=O) groups excluding carboxylic acids is 1. The maximum Gasteiger partial charge on any atom is 0.241 e. The Morgan fingerprint density at radius 3 is 2.95 bits per heavy atom. The summed E-state index contributed by atoms with van der Waals surface area (Å²) in [5.41, 5.74) is -0.136. The highest BCUT2D eigenvalue weighted by molar-refractivity contribution is 5.94. The van der Waals surface area contributed by atoms with Gasteiger partial charge in [-0.3, -0.25) is 9.69 Å². The van der Waals surface area contributed by atoms with Crippen LogP contribution in [-0.4, -0.2) is 42.6 Å². The molecule has 1 aromatic rings. The second-order valence-electron chi connectivity index (χ2n) is 4.97. The molecule has 1 heterocycles. The molecule has 0 saturated carbocycles. The molecule has 1 N–H and O–H groups in total. The Morgan fingerprint density at radius 1 is 1.50 bits per heavy atom. The van der Waals surface area contributed by atoms with Crippen molar-refractivity contribution in [1.82, 2.24) is 4.90 Å². The van der Waals surface area contributed by atoms with Gasteiger partial charge in [-0.1, -0.05) is 0 Å². The molecule has 1 fully saturated rings. The van der Waals surface area contributed by atoms with Crippen molar-refractivity contribution >= 4 is 11.6 Å². The second-order valence-corrected chi connectivity index (χ2v) is 4.97.